The van der Waals surface area contributed by atoms with Gasteiger partial charge in [-0.2, -0.15) is 5.26 Å². The number of anilines is 1. The molecule has 1 aromatic rings. The van der Waals surface area contributed by atoms with E-state index in [0.717, 1.165) is 25.2 Å². The third-order valence-electron chi connectivity index (χ3n) is 3.97. The van der Waals surface area contributed by atoms with Crippen LogP contribution in [0.4, 0.5) is 5.69 Å². The van der Waals surface area contributed by atoms with Gasteiger partial charge in [0.2, 0.25) is 0 Å². The molecule has 4 heteroatoms. The van der Waals surface area contributed by atoms with E-state index in [1.165, 1.54) is 6.42 Å². The van der Waals surface area contributed by atoms with Crippen LogP contribution in [0.5, 0.6) is 0 Å². The number of piperidine rings is 1. The molecule has 106 valence electrons. The molecule has 0 aliphatic carbocycles. The highest BCUT2D eigenvalue weighted by Crippen LogP contribution is 2.27. The molecule has 4 nitrogen and oxygen atoms in total. The first kappa shape index (κ1) is 14.5. The van der Waals surface area contributed by atoms with Crippen LogP contribution in [0, 0.1) is 11.3 Å². The van der Waals surface area contributed by atoms with E-state index in [0.29, 0.717) is 17.2 Å². The topological polar surface area (TPSA) is 47.3 Å². The molecule has 1 unspecified atom stereocenters. The number of nitriles is 1. The van der Waals surface area contributed by atoms with E-state index in [1.807, 2.05) is 6.07 Å². The van der Waals surface area contributed by atoms with E-state index in [2.05, 4.69) is 30.0 Å². The van der Waals surface area contributed by atoms with Gasteiger partial charge < -0.3 is 9.80 Å². The molecule has 20 heavy (non-hydrogen) atoms. The Hall–Kier alpha value is -1.86. The summed E-state index contributed by atoms with van der Waals surface area (Å²) in [5.41, 5.74) is 2.23. The van der Waals surface area contributed by atoms with Crippen LogP contribution < -0.4 is 4.90 Å². The summed E-state index contributed by atoms with van der Waals surface area (Å²) >= 11 is 0. The van der Waals surface area contributed by atoms with E-state index in [-0.39, 0.29) is 5.78 Å². The Morgan fingerprint density at radius 3 is 2.80 bits per heavy atom. The van der Waals surface area contributed by atoms with E-state index in [1.54, 1.807) is 19.1 Å². The number of likely N-dealkylation sites (N-methyl/N-ethyl adjacent to an activating group) is 1. The quantitative estimate of drug-likeness (QED) is 0.791. The molecule has 2 rings (SSSR count). The van der Waals surface area contributed by atoms with Crippen molar-refractivity contribution in [2.24, 2.45) is 0 Å². The molecule has 1 heterocycles. The second-order valence-corrected chi connectivity index (χ2v) is 5.61. The van der Waals surface area contributed by atoms with Crippen molar-refractivity contribution in [3.05, 3.63) is 29.3 Å². The van der Waals surface area contributed by atoms with E-state index >= 15 is 0 Å². The summed E-state index contributed by atoms with van der Waals surface area (Å²) in [5.74, 6) is 0.0523. The third-order valence-corrected chi connectivity index (χ3v) is 3.97. The largest absolute Gasteiger partial charge is 0.369 e. The number of rotatable bonds is 3. The molecule has 0 bridgehead atoms. The van der Waals surface area contributed by atoms with Crippen molar-refractivity contribution >= 4 is 11.5 Å². The van der Waals surface area contributed by atoms with Crippen LogP contribution in [0.3, 0.4) is 0 Å². The van der Waals surface area contributed by atoms with Crippen molar-refractivity contribution in [3.63, 3.8) is 0 Å². The first-order valence-electron chi connectivity index (χ1n) is 6.99. The van der Waals surface area contributed by atoms with Gasteiger partial charge in [0.25, 0.3) is 0 Å². The van der Waals surface area contributed by atoms with Crippen LogP contribution in [-0.2, 0) is 0 Å². The van der Waals surface area contributed by atoms with E-state index < -0.39 is 0 Å². The molecular formula is C16H21N3O. The Labute approximate surface area is 120 Å². The molecular weight excluding hydrogens is 250 g/mol. The van der Waals surface area contributed by atoms with E-state index in [9.17, 15) is 4.79 Å². The molecule has 0 amide bonds. The number of benzene rings is 1. The second kappa shape index (κ2) is 6.06. The average molecular weight is 271 g/mol. The number of Topliss-reactive ketones (excluding diaryl/α,β-unsaturated/α-hetero) is 1. The molecule has 0 N–H and O–H groups in total. The molecule has 0 spiro atoms. The van der Waals surface area contributed by atoms with Gasteiger partial charge >= 0.3 is 0 Å². The van der Waals surface area contributed by atoms with E-state index in [4.69, 9.17) is 5.26 Å². The van der Waals surface area contributed by atoms with Crippen LogP contribution in [0.15, 0.2) is 18.2 Å². The minimum Gasteiger partial charge on any atom is -0.369 e. The molecule has 0 saturated carbocycles. The van der Waals surface area contributed by atoms with Crippen molar-refractivity contribution < 1.29 is 4.79 Å². The fourth-order valence-corrected chi connectivity index (χ4v) is 2.76. The van der Waals surface area contributed by atoms with Crippen LogP contribution in [0.1, 0.15) is 35.7 Å². The Balaban J connectivity index is 2.35. The number of carbonyl (C=O) groups is 1. The Morgan fingerprint density at radius 2 is 2.20 bits per heavy atom. The predicted molar refractivity (Wildman–Crippen MR) is 80.1 cm³/mol. The summed E-state index contributed by atoms with van der Waals surface area (Å²) in [6.45, 7) is 3.43. The number of ketones is 1. The molecule has 1 fully saturated rings. The lowest BCUT2D eigenvalue weighted by Crippen LogP contribution is -2.45. The molecule has 1 aromatic carbocycles. The van der Waals surface area contributed by atoms with Crippen molar-refractivity contribution in [3.8, 4) is 6.07 Å². The molecule has 1 saturated heterocycles. The van der Waals surface area contributed by atoms with Gasteiger partial charge in [0.05, 0.1) is 11.6 Å². The summed E-state index contributed by atoms with van der Waals surface area (Å²) in [6, 6.07) is 7.98. The van der Waals surface area contributed by atoms with Crippen molar-refractivity contribution in [1.29, 1.82) is 5.26 Å². The summed E-state index contributed by atoms with van der Waals surface area (Å²) in [6.07, 6.45) is 2.29. The maximum Gasteiger partial charge on any atom is 0.161 e. The van der Waals surface area contributed by atoms with Gasteiger partial charge in [0.15, 0.2) is 5.78 Å². The second-order valence-electron chi connectivity index (χ2n) is 5.61. The first-order valence-corrected chi connectivity index (χ1v) is 6.99. The molecule has 1 aliphatic heterocycles. The summed E-state index contributed by atoms with van der Waals surface area (Å²) in [5, 5.41) is 9.07. The smallest absolute Gasteiger partial charge is 0.161 e. The Morgan fingerprint density at radius 1 is 1.45 bits per heavy atom. The molecule has 0 aromatic heterocycles. The number of nitrogens with zero attached hydrogens (tertiary/aromatic N) is 3. The summed E-state index contributed by atoms with van der Waals surface area (Å²) in [4.78, 5) is 16.3. The zero-order chi connectivity index (χ0) is 14.7. The normalized spacial score (nSPS) is 18.9. The Kier molecular flexibility index (Phi) is 4.41. The SMILES string of the molecule is CC(=O)c1ccc(C#N)cc1N1CCCC(N(C)C)C1. The standard InChI is InChI=1S/C16H21N3O/c1-12(20)15-7-6-13(10-17)9-16(15)19-8-4-5-14(11-19)18(2)3/h6-7,9,14H,4-5,8,11H2,1-3H3. The Bertz CT molecular complexity index is 545. The van der Waals surface area contributed by atoms with Crippen LogP contribution >= 0.6 is 0 Å². The van der Waals surface area contributed by atoms with Gasteiger partial charge in [-0.25, -0.2) is 0 Å². The molecule has 1 atom stereocenters. The fraction of sp³-hybridized carbons (Fsp3) is 0.500. The zero-order valence-electron chi connectivity index (χ0n) is 12.4. The molecule has 0 radical (unpaired) electrons. The lowest BCUT2D eigenvalue weighted by atomic mass is 10.0. The van der Waals surface area contributed by atoms with Crippen LogP contribution in [0.2, 0.25) is 0 Å². The van der Waals surface area contributed by atoms with Crippen LogP contribution in [0.25, 0.3) is 0 Å². The summed E-state index contributed by atoms with van der Waals surface area (Å²) in [7, 11) is 4.18. The van der Waals surface area contributed by atoms with Gasteiger partial charge in [-0.05, 0) is 52.1 Å². The zero-order valence-corrected chi connectivity index (χ0v) is 12.4. The lowest BCUT2D eigenvalue weighted by molar-refractivity contribution is 0.101. The number of hydrogen-bond acceptors (Lipinski definition) is 4. The maximum absolute atomic E-state index is 11.8. The summed E-state index contributed by atoms with van der Waals surface area (Å²) < 4.78 is 0. The monoisotopic (exact) mass is 271 g/mol. The number of carbonyl (C=O) groups excluding carboxylic acids is 1. The minimum absolute atomic E-state index is 0.0523. The highest BCUT2D eigenvalue weighted by Gasteiger charge is 2.24. The predicted octanol–water partition coefficient (Wildman–Crippen LogP) is 2.29. The first-order chi connectivity index (χ1) is 9.52. The van der Waals surface area contributed by atoms with Gasteiger partial charge in [0.1, 0.15) is 0 Å². The third kappa shape index (κ3) is 3.00. The fourth-order valence-electron chi connectivity index (χ4n) is 2.76. The average Bonchev–Trinajstić information content (AvgIpc) is 2.46. The molecule has 1 aliphatic rings. The van der Waals surface area contributed by atoms with Crippen molar-refractivity contribution in [2.75, 3.05) is 32.1 Å². The van der Waals surface area contributed by atoms with Gasteiger partial charge in [-0.1, -0.05) is 0 Å². The van der Waals surface area contributed by atoms with Gasteiger partial charge in [-0.3, -0.25) is 4.79 Å². The van der Waals surface area contributed by atoms with Crippen molar-refractivity contribution in [1.82, 2.24) is 4.90 Å². The van der Waals surface area contributed by atoms with Gasteiger partial charge in [-0.15, -0.1) is 0 Å². The highest BCUT2D eigenvalue weighted by atomic mass is 16.1. The highest BCUT2D eigenvalue weighted by molar-refractivity contribution is 6.00. The van der Waals surface area contributed by atoms with Crippen LogP contribution in [-0.4, -0.2) is 43.9 Å². The van der Waals surface area contributed by atoms with Gasteiger partial charge in [0, 0.05) is 30.4 Å². The maximum atomic E-state index is 11.8. The number of hydrogen-bond donors (Lipinski definition) is 0. The lowest BCUT2D eigenvalue weighted by Gasteiger charge is -2.38. The van der Waals surface area contributed by atoms with Crippen molar-refractivity contribution in [2.45, 2.75) is 25.8 Å². The minimum atomic E-state index is 0.0523.